The molecule has 4 amide bonds. The van der Waals surface area contributed by atoms with E-state index in [2.05, 4.69) is 33.7 Å². The summed E-state index contributed by atoms with van der Waals surface area (Å²) in [5.41, 5.74) is 1.02. The molecule has 5 N–H and O–H groups in total. The number of nitrogens with one attached hydrogen (secondary N) is 2. The van der Waals surface area contributed by atoms with Gasteiger partial charge in [0.1, 0.15) is 0 Å². The summed E-state index contributed by atoms with van der Waals surface area (Å²) in [7, 11) is 3.01. The highest BCUT2D eigenvalue weighted by Crippen LogP contribution is 2.50. The number of aliphatic hydroxyl groups is 3. The van der Waals surface area contributed by atoms with Crippen LogP contribution in [0.4, 0.5) is 11.4 Å². The Kier molecular flexibility index (Phi) is 11.7. The molecule has 2 aliphatic carbocycles. The number of anilines is 2. The molecule has 2 fully saturated rings. The van der Waals surface area contributed by atoms with E-state index in [0.29, 0.717) is 29.7 Å². The smallest absolute Gasteiger partial charge is 0.264 e. The first-order valence-corrected chi connectivity index (χ1v) is 20.2. The minimum absolute atomic E-state index is 0. The number of nitrogens with zero attached hydrogens (tertiary/aromatic N) is 3. The molecule has 4 atom stereocenters. The molecule has 4 unspecified atom stereocenters. The summed E-state index contributed by atoms with van der Waals surface area (Å²) in [5.74, 6) is -1.50. The Bertz CT molecular complexity index is 2220. The number of amides is 4. The number of carbonyl (C=O) groups is 4. The summed E-state index contributed by atoms with van der Waals surface area (Å²) in [5, 5.41) is 40.9. The molecule has 1 saturated carbocycles. The number of benzene rings is 4. The zero-order valence-corrected chi connectivity index (χ0v) is 33.7. The second-order valence-corrected chi connectivity index (χ2v) is 16.0. The lowest BCUT2D eigenvalue weighted by Gasteiger charge is -2.41. The quantitative estimate of drug-likeness (QED) is 0.177. The van der Waals surface area contributed by atoms with Crippen molar-refractivity contribution in [2.75, 3.05) is 37.0 Å². The fourth-order valence-electron chi connectivity index (χ4n) is 10.0. The number of halogens is 1. The molecule has 12 nitrogen and oxygen atoms in total. The third kappa shape index (κ3) is 6.84. The number of hydrogen-bond acceptors (Lipinski definition) is 8. The van der Waals surface area contributed by atoms with Crippen LogP contribution in [0.2, 0.25) is 0 Å². The Morgan fingerprint density at radius 1 is 0.655 bits per heavy atom. The summed E-state index contributed by atoms with van der Waals surface area (Å²) in [6, 6.07) is 26.8. The van der Waals surface area contributed by atoms with Crippen molar-refractivity contribution in [3.05, 3.63) is 107 Å². The van der Waals surface area contributed by atoms with Crippen molar-refractivity contribution in [3.8, 4) is 0 Å². The SMILES string of the molecule is CNC(=O)CC1(O)C(=O)N(C2CCCCC2)c2ccccc21.CNC(=O)CC1(O)C(=O)N(C2CCN(C3c4cccc5cccc(c45)C3O)CC2)c2ccccc21.Cl. The lowest BCUT2D eigenvalue weighted by molar-refractivity contribution is -0.143. The van der Waals surface area contributed by atoms with E-state index in [0.717, 1.165) is 66.4 Å². The van der Waals surface area contributed by atoms with Crippen molar-refractivity contribution < 1.29 is 34.5 Å². The van der Waals surface area contributed by atoms with E-state index in [1.165, 1.54) is 20.5 Å². The third-order valence-electron chi connectivity index (χ3n) is 12.9. The second-order valence-electron chi connectivity index (χ2n) is 16.0. The Hall–Kier alpha value is -4.85. The van der Waals surface area contributed by atoms with E-state index < -0.39 is 23.2 Å². The fourth-order valence-corrected chi connectivity index (χ4v) is 10.0. The highest BCUT2D eigenvalue weighted by molar-refractivity contribution is 6.10. The van der Waals surface area contributed by atoms with Gasteiger partial charge in [0.25, 0.3) is 11.8 Å². The van der Waals surface area contributed by atoms with Crippen molar-refractivity contribution in [2.45, 2.75) is 93.2 Å². The number of aliphatic hydroxyl groups excluding tert-OH is 1. The lowest BCUT2D eigenvalue weighted by Crippen LogP contribution is -2.51. The maximum absolute atomic E-state index is 13.5. The number of hydrogen-bond donors (Lipinski definition) is 5. The summed E-state index contributed by atoms with van der Waals surface area (Å²) in [6.45, 7) is 1.44. The van der Waals surface area contributed by atoms with Gasteiger partial charge in [0.05, 0.1) is 36.4 Å². The van der Waals surface area contributed by atoms with Crippen molar-refractivity contribution >= 4 is 58.2 Å². The van der Waals surface area contributed by atoms with Crippen LogP contribution in [0.15, 0.2) is 84.9 Å². The lowest BCUT2D eigenvalue weighted by atomic mass is 9.91. The number of piperidine rings is 1. The standard InChI is InChI=1S/C28H29N3O4.C17H22N2O3.ClH/c1-29-23(32)16-28(35)21-10-2-3-11-22(21)31(27(28)34)18-12-14-30(15-13-18)25-19-8-4-6-17-7-5-9-20(24(17)19)26(25)33;1-18-15(20)11-17(22)13-9-5-6-10-14(13)19(16(17)21)12-7-3-2-4-8-12;/h2-11,18,25-26,33,35H,12-16H2,1H3,(H,29,32);5-6,9-10,12,22H,2-4,7-8,11H2,1H3,(H,18,20);1H. The molecule has 58 heavy (non-hydrogen) atoms. The summed E-state index contributed by atoms with van der Waals surface area (Å²) in [6.07, 6.45) is 5.62. The van der Waals surface area contributed by atoms with Gasteiger partial charge in [0, 0.05) is 50.4 Å². The number of fused-ring (bicyclic) bond motifs is 2. The van der Waals surface area contributed by atoms with Gasteiger partial charge in [-0.2, -0.15) is 0 Å². The molecule has 0 spiro atoms. The summed E-state index contributed by atoms with van der Waals surface area (Å²) < 4.78 is 0. The Morgan fingerprint density at radius 2 is 1.12 bits per heavy atom. The van der Waals surface area contributed by atoms with E-state index in [1.54, 1.807) is 34.1 Å². The zero-order valence-electron chi connectivity index (χ0n) is 32.9. The summed E-state index contributed by atoms with van der Waals surface area (Å²) in [4.78, 5) is 56.1. The van der Waals surface area contributed by atoms with Crippen molar-refractivity contribution in [3.63, 3.8) is 0 Å². The van der Waals surface area contributed by atoms with Crippen LogP contribution in [0.25, 0.3) is 10.8 Å². The molecule has 5 aliphatic rings. The van der Waals surface area contributed by atoms with Gasteiger partial charge < -0.3 is 35.8 Å². The molecule has 306 valence electrons. The van der Waals surface area contributed by atoms with E-state index in [9.17, 15) is 34.5 Å². The van der Waals surface area contributed by atoms with Gasteiger partial charge in [-0.15, -0.1) is 12.4 Å². The van der Waals surface area contributed by atoms with Crippen LogP contribution in [0, 0.1) is 0 Å². The topological polar surface area (TPSA) is 163 Å². The molecule has 9 rings (SSSR count). The van der Waals surface area contributed by atoms with Crippen LogP contribution in [0.3, 0.4) is 0 Å². The minimum atomic E-state index is -1.85. The molecule has 0 bridgehead atoms. The molecule has 4 aromatic carbocycles. The van der Waals surface area contributed by atoms with E-state index in [4.69, 9.17) is 0 Å². The zero-order chi connectivity index (χ0) is 40.1. The third-order valence-corrected chi connectivity index (χ3v) is 12.9. The maximum Gasteiger partial charge on any atom is 0.264 e. The van der Waals surface area contributed by atoms with Crippen molar-refractivity contribution in [1.82, 2.24) is 15.5 Å². The van der Waals surface area contributed by atoms with Crippen molar-refractivity contribution in [2.24, 2.45) is 0 Å². The number of carbonyl (C=O) groups excluding carboxylic acids is 4. The van der Waals surface area contributed by atoms with Crippen LogP contribution in [0.1, 0.15) is 92.2 Å². The first-order valence-electron chi connectivity index (χ1n) is 20.2. The van der Waals surface area contributed by atoms with E-state index in [1.807, 2.05) is 42.5 Å². The van der Waals surface area contributed by atoms with Crippen LogP contribution >= 0.6 is 12.4 Å². The van der Waals surface area contributed by atoms with Gasteiger partial charge in [0.15, 0.2) is 11.2 Å². The molecule has 3 heterocycles. The number of likely N-dealkylation sites (tertiary alicyclic amines) is 1. The van der Waals surface area contributed by atoms with Gasteiger partial charge in [-0.1, -0.05) is 92.1 Å². The summed E-state index contributed by atoms with van der Waals surface area (Å²) >= 11 is 0. The van der Waals surface area contributed by atoms with Gasteiger partial charge in [0.2, 0.25) is 11.8 Å². The van der Waals surface area contributed by atoms with E-state index in [-0.39, 0.29) is 61.1 Å². The van der Waals surface area contributed by atoms with Crippen molar-refractivity contribution in [1.29, 1.82) is 0 Å². The maximum atomic E-state index is 13.5. The second kappa shape index (κ2) is 16.4. The Labute approximate surface area is 344 Å². The first kappa shape index (κ1) is 41.3. The molecule has 0 radical (unpaired) electrons. The highest BCUT2D eigenvalue weighted by atomic mass is 35.5. The largest absolute Gasteiger partial charge is 0.386 e. The monoisotopic (exact) mass is 809 g/mol. The number of rotatable bonds is 7. The minimum Gasteiger partial charge on any atom is -0.386 e. The van der Waals surface area contributed by atoms with Crippen LogP contribution in [0.5, 0.6) is 0 Å². The van der Waals surface area contributed by atoms with Gasteiger partial charge >= 0.3 is 0 Å². The molecule has 4 aromatic rings. The molecular formula is C45H52ClN5O7. The van der Waals surface area contributed by atoms with Crippen LogP contribution in [-0.2, 0) is 30.4 Å². The van der Waals surface area contributed by atoms with Gasteiger partial charge in [-0.3, -0.25) is 24.1 Å². The fraction of sp³-hybridized carbons (Fsp3) is 0.422. The normalized spacial score (nSPS) is 25.5. The molecule has 13 heteroatoms. The Morgan fingerprint density at radius 3 is 1.62 bits per heavy atom. The van der Waals surface area contributed by atoms with Gasteiger partial charge in [-0.05, 0) is 59.7 Å². The predicted octanol–water partition coefficient (Wildman–Crippen LogP) is 4.87. The van der Waals surface area contributed by atoms with Crippen LogP contribution in [-0.4, -0.2) is 83.1 Å². The predicted molar refractivity (Wildman–Crippen MR) is 223 cm³/mol. The molecular weight excluding hydrogens is 758 g/mol. The average molecular weight is 810 g/mol. The van der Waals surface area contributed by atoms with Gasteiger partial charge in [-0.25, -0.2) is 0 Å². The van der Waals surface area contributed by atoms with E-state index >= 15 is 0 Å². The molecule has 0 aromatic heterocycles. The molecule has 1 saturated heterocycles. The molecule has 3 aliphatic heterocycles. The van der Waals surface area contributed by atoms with Crippen LogP contribution < -0.4 is 20.4 Å². The number of para-hydroxylation sites is 2. The first-order chi connectivity index (χ1) is 27.5. The highest BCUT2D eigenvalue weighted by Gasteiger charge is 2.54. The average Bonchev–Trinajstić information content (AvgIpc) is 3.74. The Balaban J connectivity index is 0.000000192.